The molecule has 0 saturated heterocycles. The van der Waals surface area contributed by atoms with E-state index in [0.29, 0.717) is 6.54 Å². The van der Waals surface area contributed by atoms with E-state index in [1.807, 2.05) is 12.1 Å². The molecule has 2 aromatic rings. The van der Waals surface area contributed by atoms with Gasteiger partial charge in [-0.1, -0.05) is 11.6 Å². The number of hydrogen-bond donors (Lipinski definition) is 0. The van der Waals surface area contributed by atoms with E-state index in [1.165, 1.54) is 34.4 Å². The number of benzene rings is 1. The first-order valence-corrected chi connectivity index (χ1v) is 7.81. The van der Waals surface area contributed by atoms with Crippen LogP contribution >= 0.6 is 38.9 Å². The number of rotatable bonds is 4. The van der Waals surface area contributed by atoms with Crippen LogP contribution in [0.5, 0.6) is 0 Å². The molecule has 0 fully saturated rings. The number of nitro benzene ring substituents is 1. The van der Waals surface area contributed by atoms with Crippen LogP contribution in [0.4, 0.5) is 5.69 Å². The lowest BCUT2D eigenvalue weighted by Crippen LogP contribution is -2.26. The minimum Gasteiger partial charge on any atom is -0.336 e. The zero-order valence-corrected chi connectivity index (χ0v) is 14.0. The smallest absolute Gasteiger partial charge is 0.283 e. The van der Waals surface area contributed by atoms with Crippen molar-refractivity contribution in [3.63, 3.8) is 0 Å². The van der Waals surface area contributed by atoms with E-state index >= 15 is 0 Å². The van der Waals surface area contributed by atoms with Crippen molar-refractivity contribution in [3.05, 3.63) is 59.7 Å². The van der Waals surface area contributed by atoms with Gasteiger partial charge in [0, 0.05) is 23.0 Å². The molecule has 0 aliphatic heterocycles. The Bertz CT molecular complexity index is 704. The SMILES string of the molecule is CN(Cc1ccc(Br)s1)C(=O)c1ccc(Cl)cc1[N+](=O)[O-]. The Morgan fingerprint density at radius 1 is 1.43 bits per heavy atom. The van der Waals surface area contributed by atoms with E-state index in [1.54, 1.807) is 7.05 Å². The maximum atomic E-state index is 12.4. The molecule has 0 unspecified atom stereocenters. The zero-order valence-electron chi connectivity index (χ0n) is 10.9. The van der Waals surface area contributed by atoms with Crippen molar-refractivity contribution in [2.75, 3.05) is 7.05 Å². The van der Waals surface area contributed by atoms with Crippen molar-refractivity contribution < 1.29 is 9.72 Å². The van der Waals surface area contributed by atoms with Gasteiger partial charge in [0.2, 0.25) is 0 Å². The van der Waals surface area contributed by atoms with Crippen LogP contribution in [0.25, 0.3) is 0 Å². The fourth-order valence-electron chi connectivity index (χ4n) is 1.78. The van der Waals surface area contributed by atoms with Crippen LogP contribution in [0.3, 0.4) is 0 Å². The first kappa shape index (κ1) is 15.9. The molecule has 8 heteroatoms. The quantitative estimate of drug-likeness (QED) is 0.577. The van der Waals surface area contributed by atoms with Crippen molar-refractivity contribution in [3.8, 4) is 0 Å². The van der Waals surface area contributed by atoms with Crippen LogP contribution in [0, 0.1) is 10.1 Å². The number of amides is 1. The molecule has 0 radical (unpaired) electrons. The summed E-state index contributed by atoms with van der Waals surface area (Å²) < 4.78 is 0.968. The van der Waals surface area contributed by atoms with Gasteiger partial charge in [0.15, 0.2) is 0 Å². The summed E-state index contributed by atoms with van der Waals surface area (Å²) >= 11 is 10.6. The van der Waals surface area contributed by atoms with Crippen LogP contribution < -0.4 is 0 Å². The molecule has 0 bridgehead atoms. The second kappa shape index (κ2) is 6.55. The molecule has 0 aliphatic rings. The fourth-order valence-corrected chi connectivity index (χ4v) is 3.49. The molecule has 2 rings (SSSR count). The molecular weight excluding hydrogens is 380 g/mol. The lowest BCUT2D eigenvalue weighted by Gasteiger charge is -2.16. The molecule has 110 valence electrons. The van der Waals surface area contributed by atoms with Gasteiger partial charge in [-0.05, 0) is 40.2 Å². The zero-order chi connectivity index (χ0) is 15.6. The predicted molar refractivity (Wildman–Crippen MR) is 85.9 cm³/mol. The Labute approximate surface area is 138 Å². The van der Waals surface area contributed by atoms with Crippen molar-refractivity contribution >= 4 is 50.5 Å². The van der Waals surface area contributed by atoms with Crippen molar-refractivity contribution in [1.29, 1.82) is 0 Å². The Morgan fingerprint density at radius 2 is 2.14 bits per heavy atom. The summed E-state index contributed by atoms with van der Waals surface area (Å²) in [5.74, 6) is -0.414. The van der Waals surface area contributed by atoms with E-state index < -0.39 is 10.8 Å². The van der Waals surface area contributed by atoms with Gasteiger partial charge in [0.25, 0.3) is 11.6 Å². The van der Waals surface area contributed by atoms with Crippen molar-refractivity contribution in [2.45, 2.75) is 6.54 Å². The molecule has 1 heterocycles. The third-order valence-electron chi connectivity index (χ3n) is 2.76. The van der Waals surface area contributed by atoms with Crippen LogP contribution in [0.15, 0.2) is 34.1 Å². The molecule has 21 heavy (non-hydrogen) atoms. The van der Waals surface area contributed by atoms with Crippen LogP contribution in [-0.4, -0.2) is 22.8 Å². The van der Waals surface area contributed by atoms with Gasteiger partial charge >= 0.3 is 0 Å². The van der Waals surface area contributed by atoms with Gasteiger partial charge in [-0.25, -0.2) is 0 Å². The topological polar surface area (TPSA) is 63.5 Å². The van der Waals surface area contributed by atoms with Gasteiger partial charge in [-0.2, -0.15) is 0 Å². The first-order valence-electron chi connectivity index (χ1n) is 5.82. The summed E-state index contributed by atoms with van der Waals surface area (Å²) in [5, 5.41) is 11.3. The number of hydrogen-bond acceptors (Lipinski definition) is 4. The highest BCUT2D eigenvalue weighted by molar-refractivity contribution is 9.11. The summed E-state index contributed by atoms with van der Waals surface area (Å²) in [7, 11) is 1.61. The monoisotopic (exact) mass is 388 g/mol. The number of nitro groups is 1. The minimum absolute atomic E-state index is 0.0301. The van der Waals surface area contributed by atoms with E-state index in [4.69, 9.17) is 11.6 Å². The van der Waals surface area contributed by atoms with Crippen molar-refractivity contribution in [1.82, 2.24) is 4.90 Å². The van der Waals surface area contributed by atoms with E-state index in [-0.39, 0.29) is 16.3 Å². The lowest BCUT2D eigenvalue weighted by molar-refractivity contribution is -0.385. The average molecular weight is 390 g/mol. The molecule has 0 atom stereocenters. The summed E-state index contributed by atoms with van der Waals surface area (Å²) in [6.07, 6.45) is 0. The molecule has 5 nitrogen and oxygen atoms in total. The second-order valence-corrected chi connectivity index (χ2v) is 7.27. The molecule has 0 saturated carbocycles. The summed E-state index contributed by atoms with van der Waals surface area (Å²) in [5.41, 5.74) is -0.255. The highest BCUT2D eigenvalue weighted by Crippen LogP contribution is 2.26. The van der Waals surface area contributed by atoms with Gasteiger partial charge in [-0.15, -0.1) is 11.3 Å². The Kier molecular flexibility index (Phi) is 4.97. The normalized spacial score (nSPS) is 10.4. The van der Waals surface area contributed by atoms with E-state index in [9.17, 15) is 14.9 Å². The molecule has 1 aromatic heterocycles. The summed E-state index contributed by atoms with van der Waals surface area (Å²) in [6.45, 7) is 0.384. The van der Waals surface area contributed by atoms with Gasteiger partial charge in [0.1, 0.15) is 5.56 Å². The maximum Gasteiger partial charge on any atom is 0.283 e. The van der Waals surface area contributed by atoms with Crippen LogP contribution in [0.1, 0.15) is 15.2 Å². The van der Waals surface area contributed by atoms with E-state index in [0.717, 1.165) is 8.66 Å². The minimum atomic E-state index is -0.602. The third-order valence-corrected chi connectivity index (χ3v) is 4.60. The van der Waals surface area contributed by atoms with Gasteiger partial charge in [-0.3, -0.25) is 14.9 Å². The van der Waals surface area contributed by atoms with Gasteiger partial charge in [0.05, 0.1) is 15.3 Å². The molecule has 0 aliphatic carbocycles. The number of carbonyl (C=O) groups is 1. The number of carbonyl (C=O) groups excluding carboxylic acids is 1. The molecule has 0 N–H and O–H groups in total. The highest BCUT2D eigenvalue weighted by Gasteiger charge is 2.23. The van der Waals surface area contributed by atoms with E-state index in [2.05, 4.69) is 15.9 Å². The van der Waals surface area contributed by atoms with Gasteiger partial charge < -0.3 is 4.90 Å². The molecule has 0 spiro atoms. The molecule has 1 amide bonds. The predicted octanol–water partition coefficient (Wildman–Crippen LogP) is 4.34. The first-order chi connectivity index (χ1) is 9.88. The third kappa shape index (κ3) is 3.81. The van der Waals surface area contributed by atoms with Crippen LogP contribution in [0.2, 0.25) is 5.02 Å². The Morgan fingerprint density at radius 3 is 2.71 bits per heavy atom. The highest BCUT2D eigenvalue weighted by atomic mass is 79.9. The van der Waals surface area contributed by atoms with Crippen molar-refractivity contribution in [2.24, 2.45) is 0 Å². The van der Waals surface area contributed by atoms with Crippen LogP contribution in [-0.2, 0) is 6.54 Å². The maximum absolute atomic E-state index is 12.4. The number of thiophene rings is 1. The average Bonchev–Trinajstić information content (AvgIpc) is 2.83. The summed E-state index contributed by atoms with van der Waals surface area (Å²) in [4.78, 5) is 25.2. The largest absolute Gasteiger partial charge is 0.336 e. The Balaban J connectivity index is 2.25. The number of nitrogens with zero attached hydrogens (tertiary/aromatic N) is 2. The fraction of sp³-hybridized carbons (Fsp3) is 0.154. The standard InChI is InChI=1S/C13H10BrClN2O3S/c1-16(7-9-3-5-12(14)21-9)13(18)10-4-2-8(15)6-11(10)17(19)20/h2-6H,7H2,1H3. The molecule has 1 aromatic carbocycles. The second-order valence-electron chi connectivity index (χ2n) is 4.29. The lowest BCUT2D eigenvalue weighted by atomic mass is 10.1. The number of halogens is 2. The molecular formula is C13H10BrClN2O3S. The summed E-state index contributed by atoms with van der Waals surface area (Å²) in [6, 6.07) is 7.82. The Hall–Kier alpha value is -1.44.